The fourth-order valence-corrected chi connectivity index (χ4v) is 6.45. The summed E-state index contributed by atoms with van der Waals surface area (Å²) >= 11 is 1.32. The van der Waals surface area contributed by atoms with Gasteiger partial charge in [0.25, 0.3) is 5.91 Å². The maximum Gasteiger partial charge on any atom is 0.251 e. The van der Waals surface area contributed by atoms with Gasteiger partial charge >= 0.3 is 0 Å². The zero-order chi connectivity index (χ0) is 29.9. The highest BCUT2D eigenvalue weighted by Gasteiger charge is 2.43. The topological polar surface area (TPSA) is 163 Å². The first kappa shape index (κ1) is 29.9. The van der Waals surface area contributed by atoms with Gasteiger partial charge in [0.2, 0.25) is 11.8 Å². The zero-order valence-corrected chi connectivity index (χ0v) is 24.0. The van der Waals surface area contributed by atoms with Gasteiger partial charge in [0.1, 0.15) is 17.7 Å². The van der Waals surface area contributed by atoms with Gasteiger partial charge in [-0.15, -0.1) is 11.3 Å². The van der Waals surface area contributed by atoms with E-state index < -0.39 is 51.4 Å². The van der Waals surface area contributed by atoms with Crippen molar-refractivity contribution in [1.82, 2.24) is 15.5 Å². The number of amides is 3. The second-order valence-corrected chi connectivity index (χ2v) is 13.2. The number of carbonyl (C=O) groups excluding carboxylic acids is 3. The average molecular weight is 600 g/mol. The van der Waals surface area contributed by atoms with Gasteiger partial charge in [0.15, 0.2) is 9.84 Å². The molecular formula is C28H30FN5O5S2. The first-order valence-electron chi connectivity index (χ1n) is 12.7. The Balaban J connectivity index is 1.44. The number of hydrogen-bond acceptors (Lipinski definition) is 7. The highest BCUT2D eigenvalue weighted by atomic mass is 32.2. The van der Waals surface area contributed by atoms with Crippen LogP contribution in [0.25, 0.3) is 11.1 Å². The Morgan fingerprint density at radius 2 is 1.83 bits per heavy atom. The molecular weight excluding hydrogens is 569 g/mol. The number of rotatable bonds is 9. The van der Waals surface area contributed by atoms with Crippen molar-refractivity contribution in [2.75, 3.05) is 19.3 Å². The summed E-state index contributed by atoms with van der Waals surface area (Å²) in [7, 11) is -3.55. The lowest BCUT2D eigenvalue weighted by atomic mass is 10.0. The van der Waals surface area contributed by atoms with Gasteiger partial charge in [-0.05, 0) is 54.8 Å². The van der Waals surface area contributed by atoms with Crippen molar-refractivity contribution in [1.29, 1.82) is 5.41 Å². The second-order valence-electron chi connectivity index (χ2n) is 9.90. The maximum atomic E-state index is 13.3. The second kappa shape index (κ2) is 12.2. The number of nitrogens with one attached hydrogen (secondary N) is 3. The van der Waals surface area contributed by atoms with Gasteiger partial charge in [-0.2, -0.15) is 0 Å². The number of amidine groups is 1. The number of nitrogens with zero attached hydrogens (tertiary/aromatic N) is 1. The molecule has 0 radical (unpaired) electrons. The van der Waals surface area contributed by atoms with Crippen molar-refractivity contribution >= 4 is 44.7 Å². The largest absolute Gasteiger partial charge is 0.384 e. The minimum Gasteiger partial charge on any atom is -0.384 e. The first-order valence-corrected chi connectivity index (χ1v) is 15.5. The molecule has 0 aliphatic carbocycles. The molecule has 1 fully saturated rings. The Labute approximate surface area is 241 Å². The van der Waals surface area contributed by atoms with Crippen LogP contribution in [0, 0.1) is 11.2 Å². The summed E-state index contributed by atoms with van der Waals surface area (Å²) in [5.41, 5.74) is 7.72. The molecule has 1 aromatic heterocycles. The van der Waals surface area contributed by atoms with E-state index in [4.69, 9.17) is 11.1 Å². The van der Waals surface area contributed by atoms with Crippen LogP contribution in [-0.4, -0.2) is 67.5 Å². The quantitative estimate of drug-likeness (QED) is 0.218. The summed E-state index contributed by atoms with van der Waals surface area (Å²) < 4.78 is 37.9. The lowest BCUT2D eigenvalue weighted by Crippen LogP contribution is -2.49. The van der Waals surface area contributed by atoms with E-state index in [-0.39, 0.29) is 30.2 Å². The molecule has 0 bridgehead atoms. The molecule has 2 heterocycles. The van der Waals surface area contributed by atoms with Crippen LogP contribution in [0.3, 0.4) is 0 Å². The summed E-state index contributed by atoms with van der Waals surface area (Å²) in [5.74, 6) is -2.13. The number of halogens is 1. The zero-order valence-electron chi connectivity index (χ0n) is 22.4. The van der Waals surface area contributed by atoms with Gasteiger partial charge in [-0.25, -0.2) is 12.8 Å². The molecule has 0 saturated carbocycles. The maximum absolute atomic E-state index is 13.3. The molecule has 2 aromatic carbocycles. The molecule has 41 heavy (non-hydrogen) atoms. The van der Waals surface area contributed by atoms with Crippen LogP contribution in [0.15, 0.2) is 60.0 Å². The smallest absolute Gasteiger partial charge is 0.251 e. The number of hydrogen-bond donors (Lipinski definition) is 4. The monoisotopic (exact) mass is 599 g/mol. The third-order valence-corrected chi connectivity index (χ3v) is 9.58. The standard InChI is InChI=1S/C28H30FN5O5S2/c1-16(24-11-20(15-40-24)26(30)31)33-28(37)23-12-22(41(2,38)39)14-34(23)25(35)13-32-27(36)19-5-3-4-18(10-19)17-6-8-21(29)9-7-17/h3-11,15-16,22-23H,12-14H2,1-2H3,(H3,30,31)(H,32,36)(H,33,37)/t16-,22-,23+/m1/s1. The number of nitrogens with two attached hydrogens (primary N) is 1. The van der Waals surface area contributed by atoms with E-state index in [2.05, 4.69) is 10.6 Å². The molecule has 3 atom stereocenters. The number of benzene rings is 2. The normalized spacial score (nSPS) is 17.6. The fraction of sp³-hybridized carbons (Fsp3) is 0.286. The van der Waals surface area contributed by atoms with Crippen LogP contribution in [0.2, 0.25) is 0 Å². The highest BCUT2D eigenvalue weighted by Crippen LogP contribution is 2.26. The Morgan fingerprint density at radius 3 is 2.46 bits per heavy atom. The molecule has 1 saturated heterocycles. The molecule has 3 amide bonds. The van der Waals surface area contributed by atoms with Crippen LogP contribution in [0.1, 0.15) is 40.2 Å². The Hall–Kier alpha value is -4.10. The van der Waals surface area contributed by atoms with Crippen LogP contribution in [-0.2, 0) is 19.4 Å². The number of nitrogen functional groups attached to an aromatic ring is 1. The molecule has 13 heteroatoms. The summed E-state index contributed by atoms with van der Waals surface area (Å²) in [5, 5.41) is 13.7. The predicted octanol–water partition coefficient (Wildman–Crippen LogP) is 2.46. The number of likely N-dealkylation sites (tertiary alicyclic amines) is 1. The SMILES string of the molecule is C[C@@H](NC(=O)[C@@H]1C[C@@H](S(C)(=O)=O)CN1C(=O)CNC(=O)c1cccc(-c2ccc(F)cc2)c1)c1cc(C(=N)N)cs1. The molecule has 5 N–H and O–H groups in total. The predicted molar refractivity (Wildman–Crippen MR) is 155 cm³/mol. The molecule has 4 rings (SSSR count). The molecule has 216 valence electrons. The van der Waals surface area contributed by atoms with E-state index in [0.717, 1.165) is 11.1 Å². The van der Waals surface area contributed by atoms with Crippen molar-refractivity contribution in [3.8, 4) is 11.1 Å². The summed E-state index contributed by atoms with van der Waals surface area (Å²) in [6, 6.07) is 12.6. The molecule has 10 nitrogen and oxygen atoms in total. The molecule has 1 aliphatic rings. The van der Waals surface area contributed by atoms with E-state index in [1.165, 1.54) is 28.4 Å². The summed E-state index contributed by atoms with van der Waals surface area (Å²) in [6.45, 7) is 1.12. The molecule has 1 aliphatic heterocycles. The van der Waals surface area contributed by atoms with Crippen LogP contribution in [0.4, 0.5) is 4.39 Å². The van der Waals surface area contributed by atoms with E-state index in [1.807, 2.05) is 0 Å². The highest BCUT2D eigenvalue weighted by molar-refractivity contribution is 7.91. The van der Waals surface area contributed by atoms with E-state index >= 15 is 0 Å². The minimum absolute atomic E-state index is 0.0695. The Kier molecular flexibility index (Phi) is 8.88. The molecule has 3 aromatic rings. The van der Waals surface area contributed by atoms with Crippen molar-refractivity contribution in [2.24, 2.45) is 5.73 Å². The van der Waals surface area contributed by atoms with Crippen molar-refractivity contribution < 1.29 is 27.2 Å². The van der Waals surface area contributed by atoms with Crippen molar-refractivity contribution in [2.45, 2.75) is 30.7 Å². The van der Waals surface area contributed by atoms with Crippen LogP contribution >= 0.6 is 11.3 Å². The lowest BCUT2D eigenvalue weighted by Gasteiger charge is -2.25. The minimum atomic E-state index is -3.55. The lowest BCUT2D eigenvalue weighted by molar-refractivity contribution is -0.137. The number of carbonyl (C=O) groups is 3. The number of thiophene rings is 1. The fourth-order valence-electron chi connectivity index (χ4n) is 4.58. The van der Waals surface area contributed by atoms with E-state index in [9.17, 15) is 27.2 Å². The van der Waals surface area contributed by atoms with Crippen molar-refractivity contribution in [3.05, 3.63) is 81.8 Å². The number of sulfone groups is 1. The van der Waals surface area contributed by atoms with Gasteiger partial charge in [0, 0.05) is 34.2 Å². The Bertz CT molecular complexity index is 1590. The van der Waals surface area contributed by atoms with Crippen LogP contribution in [0.5, 0.6) is 0 Å². The molecule has 0 unspecified atom stereocenters. The van der Waals surface area contributed by atoms with Crippen molar-refractivity contribution in [3.63, 3.8) is 0 Å². The summed E-state index contributed by atoms with van der Waals surface area (Å²) in [6.07, 6.45) is 0.994. The summed E-state index contributed by atoms with van der Waals surface area (Å²) in [4.78, 5) is 41.2. The van der Waals surface area contributed by atoms with E-state index in [1.54, 1.807) is 54.8 Å². The third kappa shape index (κ3) is 7.16. The van der Waals surface area contributed by atoms with Gasteiger partial charge < -0.3 is 21.3 Å². The van der Waals surface area contributed by atoms with Gasteiger partial charge in [-0.3, -0.25) is 19.8 Å². The van der Waals surface area contributed by atoms with Gasteiger partial charge in [-0.1, -0.05) is 24.3 Å². The Morgan fingerprint density at radius 1 is 1.12 bits per heavy atom. The molecule has 0 spiro atoms. The van der Waals surface area contributed by atoms with Gasteiger partial charge in [0.05, 0.1) is 17.8 Å². The third-order valence-electron chi connectivity index (χ3n) is 6.91. The van der Waals surface area contributed by atoms with Crippen LogP contribution < -0.4 is 16.4 Å². The van der Waals surface area contributed by atoms with E-state index in [0.29, 0.717) is 16.7 Å². The average Bonchev–Trinajstić information content (AvgIpc) is 3.61. The first-order chi connectivity index (χ1) is 19.3.